The molecule has 9 heavy (non-hydrogen) atoms. The highest BCUT2D eigenvalue weighted by Crippen LogP contribution is 2.11. The smallest absolute Gasteiger partial charge is 0.150 e. The van der Waals surface area contributed by atoms with Crippen LogP contribution in [0.1, 0.15) is 5.69 Å². The predicted octanol–water partition coefficient (Wildman–Crippen LogP) is -0.300. The molecular weight excluding hydrogens is 116 g/mol. The fraction of sp³-hybridized carbons (Fsp3) is 0. The molecule has 1 heterocycles. The Hall–Kier alpha value is -1.32. The summed E-state index contributed by atoms with van der Waals surface area (Å²) in [5.41, 5.74) is 11.0. The zero-order valence-electron chi connectivity index (χ0n) is 4.70. The van der Waals surface area contributed by atoms with E-state index in [9.17, 15) is 0 Å². The molecule has 2 radical (unpaired) electrons. The van der Waals surface area contributed by atoms with E-state index in [4.69, 9.17) is 18.4 Å². The van der Waals surface area contributed by atoms with E-state index in [1.807, 2.05) is 0 Å². The van der Waals surface area contributed by atoms with Gasteiger partial charge in [-0.1, -0.05) is 0 Å². The van der Waals surface area contributed by atoms with Gasteiger partial charge in [0, 0.05) is 6.92 Å². The van der Waals surface area contributed by atoms with Gasteiger partial charge in [0.05, 0.1) is 11.4 Å². The topological polar surface area (TPSA) is 77.8 Å². The predicted molar refractivity (Wildman–Crippen MR) is 34.3 cm³/mol. The van der Waals surface area contributed by atoms with Crippen LogP contribution < -0.4 is 11.5 Å². The zero-order valence-corrected chi connectivity index (χ0v) is 4.70. The summed E-state index contributed by atoms with van der Waals surface area (Å²) in [6, 6.07) is 0. The Morgan fingerprint density at radius 3 is 2.44 bits per heavy atom. The van der Waals surface area contributed by atoms with Gasteiger partial charge in [0.2, 0.25) is 0 Å². The minimum atomic E-state index is 0.225. The molecule has 0 aliphatic rings. The summed E-state index contributed by atoms with van der Waals surface area (Å²) in [7, 11) is 0. The van der Waals surface area contributed by atoms with Crippen LogP contribution in [0.25, 0.3) is 0 Å². The van der Waals surface area contributed by atoms with E-state index >= 15 is 0 Å². The lowest BCUT2D eigenvalue weighted by atomic mass is 10.4. The molecule has 4 nitrogen and oxygen atoms in total. The molecule has 4 heteroatoms. The molecule has 0 aromatic carbocycles. The number of hydrogen-bond donors (Lipinski definition) is 2. The molecule has 0 saturated carbocycles. The van der Waals surface area contributed by atoms with E-state index in [-0.39, 0.29) is 17.2 Å². The first kappa shape index (κ1) is 5.81. The summed E-state index contributed by atoms with van der Waals surface area (Å²) >= 11 is 0. The lowest BCUT2D eigenvalue weighted by Crippen LogP contribution is -2.01. The number of aromatic nitrogens is 2. The molecule has 1 aromatic rings. The molecule has 0 amide bonds. The maximum Gasteiger partial charge on any atom is 0.150 e. The van der Waals surface area contributed by atoms with Gasteiger partial charge in [-0.15, -0.1) is 0 Å². The van der Waals surface area contributed by atoms with E-state index < -0.39 is 0 Å². The third-order valence-corrected chi connectivity index (χ3v) is 0.946. The maximum atomic E-state index is 5.31. The average molecular weight is 122 g/mol. The van der Waals surface area contributed by atoms with Crippen LogP contribution >= 0.6 is 0 Å². The molecule has 0 aliphatic heterocycles. The molecule has 46 valence electrons. The summed E-state index contributed by atoms with van der Waals surface area (Å²) < 4.78 is 0. The Morgan fingerprint density at radius 1 is 1.33 bits per heavy atom. The van der Waals surface area contributed by atoms with Crippen molar-refractivity contribution in [3.8, 4) is 0 Å². The van der Waals surface area contributed by atoms with Crippen LogP contribution in [-0.4, -0.2) is 9.97 Å². The number of hydrogen-bond acceptors (Lipinski definition) is 4. The fourth-order valence-electron chi connectivity index (χ4n) is 0.424. The minimum absolute atomic E-state index is 0.225. The van der Waals surface area contributed by atoms with Crippen molar-refractivity contribution >= 4 is 11.5 Å². The first-order chi connectivity index (χ1) is 4.22. The van der Waals surface area contributed by atoms with E-state index in [0.29, 0.717) is 0 Å². The van der Waals surface area contributed by atoms with Crippen molar-refractivity contribution in [1.82, 2.24) is 9.97 Å². The monoisotopic (exact) mass is 122 g/mol. The second kappa shape index (κ2) is 1.89. The van der Waals surface area contributed by atoms with Crippen LogP contribution in [-0.2, 0) is 0 Å². The van der Waals surface area contributed by atoms with Gasteiger partial charge >= 0.3 is 0 Å². The molecule has 0 fully saturated rings. The van der Waals surface area contributed by atoms with Crippen molar-refractivity contribution in [3.63, 3.8) is 0 Å². The summed E-state index contributed by atoms with van der Waals surface area (Å²) in [4.78, 5) is 7.20. The third kappa shape index (κ3) is 0.910. The first-order valence-corrected chi connectivity index (χ1v) is 2.33. The van der Waals surface area contributed by atoms with Gasteiger partial charge in [0.1, 0.15) is 12.1 Å². The molecule has 0 atom stereocenters. The van der Waals surface area contributed by atoms with Gasteiger partial charge in [-0.3, -0.25) is 0 Å². The van der Waals surface area contributed by atoms with E-state index in [1.54, 1.807) is 0 Å². The molecule has 0 bridgehead atoms. The summed E-state index contributed by atoms with van der Waals surface area (Å²) in [5.74, 6) is 0.225. The van der Waals surface area contributed by atoms with Crippen molar-refractivity contribution in [2.24, 2.45) is 0 Å². The second-order valence-corrected chi connectivity index (χ2v) is 1.56. The number of anilines is 2. The molecular formula is C5H6N4. The Bertz CT molecular complexity index is 200. The van der Waals surface area contributed by atoms with Gasteiger partial charge < -0.3 is 11.5 Å². The van der Waals surface area contributed by atoms with Crippen LogP contribution in [0.2, 0.25) is 0 Å². The highest BCUT2D eigenvalue weighted by atomic mass is 14.9. The van der Waals surface area contributed by atoms with E-state index in [0.717, 1.165) is 0 Å². The Balaban J connectivity index is 3.25. The van der Waals surface area contributed by atoms with Crippen LogP contribution in [0, 0.1) is 6.92 Å². The van der Waals surface area contributed by atoms with E-state index in [1.165, 1.54) is 6.33 Å². The van der Waals surface area contributed by atoms with Crippen LogP contribution in [0.3, 0.4) is 0 Å². The fourth-order valence-corrected chi connectivity index (χ4v) is 0.424. The Labute approximate surface area is 52.9 Å². The van der Waals surface area contributed by atoms with Crippen LogP contribution in [0.15, 0.2) is 6.33 Å². The number of nitrogens with two attached hydrogens (primary N) is 2. The zero-order chi connectivity index (χ0) is 6.85. The first-order valence-electron chi connectivity index (χ1n) is 2.33. The number of nitrogen functional groups attached to an aromatic ring is 2. The summed E-state index contributed by atoms with van der Waals surface area (Å²) in [5, 5.41) is 0. The average Bonchev–Trinajstić information content (AvgIpc) is 1.83. The molecule has 0 spiro atoms. The van der Waals surface area contributed by atoms with Crippen molar-refractivity contribution < 1.29 is 0 Å². The third-order valence-electron chi connectivity index (χ3n) is 0.946. The Morgan fingerprint density at radius 2 is 2.00 bits per heavy atom. The van der Waals surface area contributed by atoms with Crippen LogP contribution in [0.5, 0.6) is 0 Å². The van der Waals surface area contributed by atoms with Crippen LogP contribution in [0.4, 0.5) is 11.5 Å². The molecule has 1 rings (SSSR count). The minimum Gasteiger partial charge on any atom is -0.394 e. The molecule has 0 unspecified atom stereocenters. The quantitative estimate of drug-likeness (QED) is 0.495. The van der Waals surface area contributed by atoms with Crippen molar-refractivity contribution in [2.75, 3.05) is 11.5 Å². The van der Waals surface area contributed by atoms with Gasteiger partial charge in [-0.05, 0) is 0 Å². The highest BCUT2D eigenvalue weighted by molar-refractivity contribution is 5.61. The van der Waals surface area contributed by atoms with Gasteiger partial charge in [-0.2, -0.15) is 0 Å². The van der Waals surface area contributed by atoms with E-state index in [2.05, 4.69) is 9.97 Å². The summed E-state index contributed by atoms with van der Waals surface area (Å²) in [6.07, 6.45) is 1.26. The SMILES string of the molecule is [CH]c1ncnc(N)c1N. The number of rotatable bonds is 0. The number of nitrogens with zero attached hydrogens (tertiary/aromatic N) is 2. The molecule has 4 N–H and O–H groups in total. The Kier molecular flexibility index (Phi) is 1.22. The lowest BCUT2D eigenvalue weighted by molar-refractivity contribution is 1.15. The highest BCUT2D eigenvalue weighted by Gasteiger charge is 1.97. The maximum absolute atomic E-state index is 5.31. The van der Waals surface area contributed by atoms with Crippen molar-refractivity contribution in [3.05, 3.63) is 18.9 Å². The van der Waals surface area contributed by atoms with Crippen molar-refractivity contribution in [1.29, 1.82) is 0 Å². The largest absolute Gasteiger partial charge is 0.394 e. The van der Waals surface area contributed by atoms with Gasteiger partial charge in [0.25, 0.3) is 0 Å². The van der Waals surface area contributed by atoms with Gasteiger partial charge in [0.15, 0.2) is 0 Å². The normalized spacial score (nSPS) is 9.44. The lowest BCUT2D eigenvalue weighted by Gasteiger charge is -1.98. The molecule has 1 aromatic heterocycles. The standard InChI is InChI=1S/C5H6N4/c1-3-4(6)5(7)9-2-8-3/h1-2H,6H2,(H2,7,8,9). The second-order valence-electron chi connectivity index (χ2n) is 1.56. The molecule has 0 aliphatic carbocycles. The van der Waals surface area contributed by atoms with Crippen molar-refractivity contribution in [2.45, 2.75) is 0 Å². The van der Waals surface area contributed by atoms with Gasteiger partial charge in [-0.25, -0.2) is 9.97 Å². The summed E-state index contributed by atoms with van der Waals surface area (Å²) in [6.45, 7) is 5.26. The molecule has 0 saturated heterocycles.